The van der Waals surface area contributed by atoms with E-state index < -0.39 is 0 Å². The fourth-order valence-electron chi connectivity index (χ4n) is 1.46. The van der Waals surface area contributed by atoms with E-state index in [1.165, 1.54) is 5.30 Å². The van der Waals surface area contributed by atoms with Gasteiger partial charge >= 0.3 is 0 Å². The van der Waals surface area contributed by atoms with Crippen LogP contribution < -0.4 is 11.0 Å². The van der Waals surface area contributed by atoms with E-state index in [2.05, 4.69) is 35.7 Å². The van der Waals surface area contributed by atoms with Crippen molar-refractivity contribution < 1.29 is 0 Å². The minimum Gasteiger partial charge on any atom is -0.398 e. The fraction of sp³-hybridized carbons (Fsp3) is 0.182. The van der Waals surface area contributed by atoms with Gasteiger partial charge in [0.05, 0.1) is 5.69 Å². The van der Waals surface area contributed by atoms with Crippen LogP contribution in [0.25, 0.3) is 11.3 Å². The van der Waals surface area contributed by atoms with E-state index in [-0.39, 0.29) is 7.92 Å². The van der Waals surface area contributed by atoms with Crippen LogP contribution in [0.3, 0.4) is 0 Å². The molecular formula is C11H14N3P. The van der Waals surface area contributed by atoms with Crippen molar-refractivity contribution in [1.82, 2.24) is 10.2 Å². The van der Waals surface area contributed by atoms with Crippen LogP contribution in [0.1, 0.15) is 0 Å². The summed E-state index contributed by atoms with van der Waals surface area (Å²) in [7, 11) is -0.0899. The van der Waals surface area contributed by atoms with Crippen LogP contribution in [-0.2, 0) is 0 Å². The van der Waals surface area contributed by atoms with Crippen LogP contribution >= 0.6 is 7.92 Å². The number of benzene rings is 1. The first-order chi connectivity index (χ1) is 7.18. The Bertz CT molecular complexity index is 449. The van der Waals surface area contributed by atoms with Crippen LogP contribution in [0.5, 0.6) is 0 Å². The highest BCUT2D eigenvalue weighted by Crippen LogP contribution is 2.29. The summed E-state index contributed by atoms with van der Waals surface area (Å²) in [6, 6.07) is 8.15. The quantitative estimate of drug-likeness (QED) is 0.599. The summed E-state index contributed by atoms with van der Waals surface area (Å²) in [5, 5.41) is 8.23. The predicted molar refractivity (Wildman–Crippen MR) is 66.8 cm³/mol. The first kappa shape index (κ1) is 10.2. The minimum atomic E-state index is -0.0899. The van der Waals surface area contributed by atoms with Crippen LogP contribution in [0.2, 0.25) is 0 Å². The molecule has 2 aromatic rings. The molecule has 0 amide bonds. The van der Waals surface area contributed by atoms with Gasteiger partial charge in [0.15, 0.2) is 0 Å². The second-order valence-corrected chi connectivity index (χ2v) is 5.94. The first-order valence-corrected chi connectivity index (χ1v) is 6.98. The van der Waals surface area contributed by atoms with E-state index in [1.54, 1.807) is 6.20 Å². The van der Waals surface area contributed by atoms with Gasteiger partial charge in [0.25, 0.3) is 0 Å². The van der Waals surface area contributed by atoms with Crippen molar-refractivity contribution in [2.24, 2.45) is 0 Å². The highest BCUT2D eigenvalue weighted by molar-refractivity contribution is 7.64. The largest absolute Gasteiger partial charge is 0.398 e. The number of aromatic amines is 1. The Morgan fingerprint density at radius 1 is 1.27 bits per heavy atom. The molecule has 0 saturated carbocycles. The summed E-state index contributed by atoms with van der Waals surface area (Å²) in [6.07, 6.45) is 1.74. The molecule has 3 N–H and O–H groups in total. The van der Waals surface area contributed by atoms with Gasteiger partial charge in [0, 0.05) is 17.4 Å². The maximum absolute atomic E-state index is 5.94. The number of hydrogen-bond acceptors (Lipinski definition) is 2. The van der Waals surface area contributed by atoms with Crippen molar-refractivity contribution in [2.45, 2.75) is 0 Å². The lowest BCUT2D eigenvalue weighted by Crippen LogP contribution is -2.02. The highest BCUT2D eigenvalue weighted by Gasteiger charge is 2.06. The monoisotopic (exact) mass is 219 g/mol. The van der Waals surface area contributed by atoms with Gasteiger partial charge in [-0.15, -0.1) is 0 Å². The van der Waals surface area contributed by atoms with Crippen molar-refractivity contribution in [3.8, 4) is 11.3 Å². The van der Waals surface area contributed by atoms with Crippen molar-refractivity contribution in [2.75, 3.05) is 19.1 Å². The van der Waals surface area contributed by atoms with Crippen molar-refractivity contribution in [3.63, 3.8) is 0 Å². The van der Waals surface area contributed by atoms with E-state index in [1.807, 2.05) is 12.1 Å². The number of nitrogens with one attached hydrogen (secondary N) is 1. The maximum Gasteiger partial charge on any atom is 0.0671 e. The Balaban J connectivity index is 2.51. The van der Waals surface area contributed by atoms with Gasteiger partial charge in [-0.1, -0.05) is 14.0 Å². The number of rotatable bonds is 2. The summed E-state index contributed by atoms with van der Waals surface area (Å²) in [4.78, 5) is 0. The third-order valence-corrected chi connectivity index (χ3v) is 3.66. The van der Waals surface area contributed by atoms with Crippen molar-refractivity contribution in [3.05, 3.63) is 30.5 Å². The molecule has 15 heavy (non-hydrogen) atoms. The Hall–Kier alpha value is -1.34. The zero-order valence-corrected chi connectivity index (χ0v) is 9.75. The number of nitrogens with zero attached hydrogens (tertiary/aromatic N) is 1. The normalized spacial score (nSPS) is 10.9. The molecule has 78 valence electrons. The number of H-pyrrole nitrogens is 1. The smallest absolute Gasteiger partial charge is 0.0671 e. The number of aromatic nitrogens is 2. The number of nitrogen functional groups attached to an aromatic ring is 1. The molecule has 0 aliphatic rings. The van der Waals surface area contributed by atoms with Crippen molar-refractivity contribution in [1.29, 1.82) is 0 Å². The van der Waals surface area contributed by atoms with Gasteiger partial charge in [-0.2, -0.15) is 5.10 Å². The molecule has 0 bridgehead atoms. The third-order valence-electron chi connectivity index (χ3n) is 2.34. The Morgan fingerprint density at radius 3 is 2.67 bits per heavy atom. The van der Waals surface area contributed by atoms with E-state index >= 15 is 0 Å². The molecule has 0 atom stereocenters. The van der Waals surface area contributed by atoms with Gasteiger partial charge < -0.3 is 5.73 Å². The zero-order valence-electron chi connectivity index (χ0n) is 8.86. The summed E-state index contributed by atoms with van der Waals surface area (Å²) >= 11 is 0. The van der Waals surface area contributed by atoms with Gasteiger partial charge in [-0.3, -0.25) is 5.10 Å². The SMILES string of the molecule is CP(C)c1ccc(N)c(-c2ccn[nH]2)c1. The summed E-state index contributed by atoms with van der Waals surface area (Å²) in [5.41, 5.74) is 8.75. The lowest BCUT2D eigenvalue weighted by Gasteiger charge is -2.09. The van der Waals surface area contributed by atoms with Gasteiger partial charge in [-0.25, -0.2) is 0 Å². The molecular weight excluding hydrogens is 205 g/mol. The Morgan fingerprint density at radius 2 is 2.07 bits per heavy atom. The molecule has 1 aromatic carbocycles. The number of anilines is 1. The molecule has 0 radical (unpaired) electrons. The van der Waals surface area contributed by atoms with Gasteiger partial charge in [-0.05, 0) is 36.8 Å². The lowest BCUT2D eigenvalue weighted by atomic mass is 10.1. The fourth-order valence-corrected chi connectivity index (χ4v) is 2.22. The summed E-state index contributed by atoms with van der Waals surface area (Å²) in [6.45, 7) is 4.47. The molecule has 3 nitrogen and oxygen atoms in total. The van der Waals surface area contributed by atoms with E-state index in [0.29, 0.717) is 0 Å². The maximum atomic E-state index is 5.94. The van der Waals surface area contributed by atoms with E-state index in [9.17, 15) is 0 Å². The van der Waals surface area contributed by atoms with Crippen molar-refractivity contribution >= 4 is 18.9 Å². The minimum absolute atomic E-state index is 0.0899. The molecule has 1 heterocycles. The van der Waals surface area contributed by atoms with Crippen LogP contribution in [0.15, 0.2) is 30.5 Å². The molecule has 4 heteroatoms. The molecule has 0 unspecified atom stereocenters. The molecule has 1 aromatic heterocycles. The average Bonchev–Trinajstić information content (AvgIpc) is 2.71. The van der Waals surface area contributed by atoms with Gasteiger partial charge in [0.2, 0.25) is 0 Å². The predicted octanol–water partition coefficient (Wildman–Crippen LogP) is 2.03. The topological polar surface area (TPSA) is 54.7 Å². The third kappa shape index (κ3) is 2.02. The lowest BCUT2D eigenvalue weighted by molar-refractivity contribution is 1.10. The standard InChI is InChI=1S/C11H14N3P/c1-15(2)8-3-4-10(12)9(7-8)11-5-6-13-14-11/h3-7H,12H2,1-2H3,(H,13,14). The zero-order chi connectivity index (χ0) is 10.8. The van der Waals surface area contributed by atoms with Crippen LogP contribution in [0, 0.1) is 0 Å². The van der Waals surface area contributed by atoms with Gasteiger partial charge in [0.1, 0.15) is 0 Å². The van der Waals surface area contributed by atoms with Crippen LogP contribution in [-0.4, -0.2) is 23.5 Å². The molecule has 0 aliphatic carbocycles. The second kappa shape index (κ2) is 4.03. The first-order valence-electron chi connectivity index (χ1n) is 4.75. The average molecular weight is 219 g/mol. The number of hydrogen-bond donors (Lipinski definition) is 2. The second-order valence-electron chi connectivity index (χ2n) is 3.64. The Labute approximate surface area is 90.5 Å². The van der Waals surface area contributed by atoms with Crippen LogP contribution in [0.4, 0.5) is 5.69 Å². The molecule has 2 rings (SSSR count). The molecule has 0 saturated heterocycles. The highest BCUT2D eigenvalue weighted by atomic mass is 31.1. The van der Waals surface area contributed by atoms with E-state index in [4.69, 9.17) is 5.73 Å². The molecule has 0 fully saturated rings. The van der Waals surface area contributed by atoms with E-state index in [0.717, 1.165) is 16.9 Å². The molecule has 0 aliphatic heterocycles. The Kier molecular flexibility index (Phi) is 2.74. The molecule has 0 spiro atoms. The number of nitrogens with two attached hydrogens (primary N) is 1. The summed E-state index contributed by atoms with van der Waals surface area (Å²) in [5.74, 6) is 0. The summed E-state index contributed by atoms with van der Waals surface area (Å²) < 4.78 is 0.